The summed E-state index contributed by atoms with van der Waals surface area (Å²) in [6.45, 7) is 11.5. The molecule has 2 N–H and O–H groups in total. The number of nitrogens with zero attached hydrogens (tertiary/aromatic N) is 2. The lowest BCUT2D eigenvalue weighted by Gasteiger charge is -2.40. The highest BCUT2D eigenvalue weighted by Crippen LogP contribution is 2.38. The van der Waals surface area contributed by atoms with E-state index in [1.54, 1.807) is 0 Å². The summed E-state index contributed by atoms with van der Waals surface area (Å²) >= 11 is 0. The molecule has 0 radical (unpaired) electrons. The average molecular weight is 269 g/mol. The number of aliphatic hydroxyl groups excluding tert-OH is 1. The van der Waals surface area contributed by atoms with Gasteiger partial charge in [-0.25, -0.2) is 0 Å². The Kier molecular flexibility index (Phi) is 6.07. The Hall–Kier alpha value is -0.160. The molecule has 112 valence electrons. The molecular formula is C15H31N3O. The summed E-state index contributed by atoms with van der Waals surface area (Å²) in [6.07, 6.45) is 5.62. The summed E-state index contributed by atoms with van der Waals surface area (Å²) in [6, 6.07) is 0. The van der Waals surface area contributed by atoms with E-state index in [9.17, 15) is 0 Å². The molecule has 0 aromatic carbocycles. The Morgan fingerprint density at radius 1 is 1.05 bits per heavy atom. The van der Waals surface area contributed by atoms with Gasteiger partial charge < -0.3 is 15.3 Å². The maximum absolute atomic E-state index is 8.99. The van der Waals surface area contributed by atoms with Crippen LogP contribution in [0.15, 0.2) is 0 Å². The molecular weight excluding hydrogens is 238 g/mol. The van der Waals surface area contributed by atoms with Crippen molar-refractivity contribution >= 4 is 0 Å². The zero-order valence-electron chi connectivity index (χ0n) is 12.5. The Morgan fingerprint density at radius 3 is 2.26 bits per heavy atom. The van der Waals surface area contributed by atoms with Crippen LogP contribution in [0.4, 0.5) is 0 Å². The Balaban J connectivity index is 1.78. The normalized spacial score (nSPS) is 24.9. The fourth-order valence-electron chi connectivity index (χ4n) is 3.69. The van der Waals surface area contributed by atoms with E-state index >= 15 is 0 Å². The minimum absolute atomic E-state index is 0.296. The molecule has 19 heavy (non-hydrogen) atoms. The van der Waals surface area contributed by atoms with Gasteiger partial charge in [-0.2, -0.15) is 0 Å². The number of piperazine rings is 1. The maximum atomic E-state index is 8.99. The van der Waals surface area contributed by atoms with Gasteiger partial charge in [-0.15, -0.1) is 0 Å². The summed E-state index contributed by atoms with van der Waals surface area (Å²) in [5.74, 6) is 0. The minimum atomic E-state index is 0.296. The third-order valence-corrected chi connectivity index (χ3v) is 4.85. The highest BCUT2D eigenvalue weighted by atomic mass is 16.3. The fraction of sp³-hybridized carbons (Fsp3) is 1.00. The Morgan fingerprint density at radius 2 is 1.68 bits per heavy atom. The van der Waals surface area contributed by atoms with Crippen LogP contribution in [0.2, 0.25) is 0 Å². The van der Waals surface area contributed by atoms with Crippen molar-refractivity contribution in [3.63, 3.8) is 0 Å². The molecule has 1 aliphatic heterocycles. The second kappa shape index (κ2) is 7.58. The lowest BCUT2D eigenvalue weighted by Crippen LogP contribution is -2.51. The summed E-state index contributed by atoms with van der Waals surface area (Å²) in [7, 11) is 0. The molecule has 4 nitrogen and oxygen atoms in total. The van der Waals surface area contributed by atoms with E-state index in [0.717, 1.165) is 26.2 Å². The van der Waals surface area contributed by atoms with Crippen molar-refractivity contribution in [2.24, 2.45) is 5.41 Å². The van der Waals surface area contributed by atoms with E-state index in [4.69, 9.17) is 5.11 Å². The molecule has 1 saturated carbocycles. The first-order valence-corrected chi connectivity index (χ1v) is 8.04. The van der Waals surface area contributed by atoms with Gasteiger partial charge in [0.2, 0.25) is 0 Å². The van der Waals surface area contributed by atoms with E-state index in [2.05, 4.69) is 22.0 Å². The first kappa shape index (κ1) is 15.2. The quantitative estimate of drug-likeness (QED) is 0.716. The van der Waals surface area contributed by atoms with Gasteiger partial charge in [0.25, 0.3) is 0 Å². The van der Waals surface area contributed by atoms with Gasteiger partial charge in [0.05, 0.1) is 6.61 Å². The van der Waals surface area contributed by atoms with Gasteiger partial charge in [-0.3, -0.25) is 4.90 Å². The predicted octanol–water partition coefficient (Wildman–Crippen LogP) is 0.766. The third kappa shape index (κ3) is 4.42. The molecule has 2 fully saturated rings. The lowest BCUT2D eigenvalue weighted by atomic mass is 9.85. The third-order valence-electron chi connectivity index (χ3n) is 4.85. The summed E-state index contributed by atoms with van der Waals surface area (Å²) in [4.78, 5) is 5.03. The van der Waals surface area contributed by atoms with Crippen LogP contribution in [-0.4, -0.2) is 73.9 Å². The van der Waals surface area contributed by atoms with Gasteiger partial charge in [0.1, 0.15) is 0 Å². The zero-order valence-corrected chi connectivity index (χ0v) is 12.5. The molecule has 0 amide bonds. The topological polar surface area (TPSA) is 38.7 Å². The smallest absolute Gasteiger partial charge is 0.0558 e. The second-order valence-electron chi connectivity index (χ2n) is 6.33. The van der Waals surface area contributed by atoms with Crippen LogP contribution in [0.1, 0.15) is 32.6 Å². The number of hydrogen-bond acceptors (Lipinski definition) is 4. The molecule has 1 aliphatic carbocycles. The average Bonchev–Trinajstić information content (AvgIpc) is 2.88. The van der Waals surface area contributed by atoms with Crippen molar-refractivity contribution in [3.8, 4) is 0 Å². The second-order valence-corrected chi connectivity index (χ2v) is 6.33. The van der Waals surface area contributed by atoms with Crippen LogP contribution in [-0.2, 0) is 0 Å². The van der Waals surface area contributed by atoms with Crippen LogP contribution >= 0.6 is 0 Å². The molecule has 2 rings (SSSR count). The Bertz CT molecular complexity index is 246. The van der Waals surface area contributed by atoms with Crippen molar-refractivity contribution in [1.82, 2.24) is 15.1 Å². The summed E-state index contributed by atoms with van der Waals surface area (Å²) < 4.78 is 0. The van der Waals surface area contributed by atoms with Crippen LogP contribution in [0.25, 0.3) is 0 Å². The highest BCUT2D eigenvalue weighted by Gasteiger charge is 2.35. The largest absolute Gasteiger partial charge is 0.395 e. The molecule has 4 heteroatoms. The van der Waals surface area contributed by atoms with E-state index in [1.807, 2.05) is 0 Å². The van der Waals surface area contributed by atoms with Crippen molar-refractivity contribution in [1.29, 1.82) is 0 Å². The van der Waals surface area contributed by atoms with Gasteiger partial charge >= 0.3 is 0 Å². The van der Waals surface area contributed by atoms with Gasteiger partial charge in [-0.1, -0.05) is 19.8 Å². The van der Waals surface area contributed by atoms with Crippen molar-refractivity contribution in [3.05, 3.63) is 0 Å². The first-order chi connectivity index (χ1) is 9.28. The molecule has 0 bridgehead atoms. The molecule has 2 aliphatic rings. The summed E-state index contributed by atoms with van der Waals surface area (Å²) in [5.41, 5.74) is 0.537. The number of nitrogens with one attached hydrogen (secondary N) is 1. The van der Waals surface area contributed by atoms with Crippen molar-refractivity contribution < 1.29 is 5.11 Å². The fourth-order valence-corrected chi connectivity index (χ4v) is 3.69. The molecule has 0 atom stereocenters. The van der Waals surface area contributed by atoms with Gasteiger partial charge in [0.15, 0.2) is 0 Å². The lowest BCUT2D eigenvalue weighted by molar-refractivity contribution is 0.0761. The number of aliphatic hydroxyl groups is 1. The number of rotatable bonds is 7. The zero-order chi connectivity index (χ0) is 13.6. The summed E-state index contributed by atoms with van der Waals surface area (Å²) in [5, 5.41) is 12.6. The maximum Gasteiger partial charge on any atom is 0.0558 e. The molecule has 0 spiro atoms. The van der Waals surface area contributed by atoms with E-state index < -0.39 is 0 Å². The molecule has 1 saturated heterocycles. The van der Waals surface area contributed by atoms with Gasteiger partial charge in [0, 0.05) is 45.8 Å². The highest BCUT2D eigenvalue weighted by molar-refractivity contribution is 4.90. The Labute approximate surface area is 118 Å². The molecule has 1 heterocycles. The monoisotopic (exact) mass is 269 g/mol. The number of β-amino-alcohol motifs (C(OH)–C–C–N with tert-alkyl or cyclic N) is 1. The first-order valence-electron chi connectivity index (χ1n) is 8.04. The van der Waals surface area contributed by atoms with Crippen LogP contribution in [0.3, 0.4) is 0 Å². The number of hydrogen-bond donors (Lipinski definition) is 2. The van der Waals surface area contributed by atoms with Crippen LogP contribution in [0.5, 0.6) is 0 Å². The van der Waals surface area contributed by atoms with E-state index in [1.165, 1.54) is 51.9 Å². The van der Waals surface area contributed by atoms with Crippen LogP contribution in [0, 0.1) is 5.41 Å². The molecule has 0 aromatic heterocycles. The predicted molar refractivity (Wildman–Crippen MR) is 79.4 cm³/mol. The van der Waals surface area contributed by atoms with Crippen molar-refractivity contribution in [2.45, 2.75) is 32.6 Å². The SMILES string of the molecule is CCNCC1(CN2CCN(CCO)CC2)CCCC1. The molecule has 0 aromatic rings. The van der Waals surface area contributed by atoms with E-state index in [-0.39, 0.29) is 0 Å². The minimum Gasteiger partial charge on any atom is -0.395 e. The van der Waals surface area contributed by atoms with Crippen LogP contribution < -0.4 is 5.32 Å². The van der Waals surface area contributed by atoms with Gasteiger partial charge in [-0.05, 0) is 24.8 Å². The van der Waals surface area contributed by atoms with E-state index in [0.29, 0.717) is 12.0 Å². The molecule has 0 unspecified atom stereocenters. The van der Waals surface area contributed by atoms with Crippen molar-refractivity contribution in [2.75, 3.05) is 59.0 Å². The standard InChI is InChI=1S/C15H31N3O/c1-2-16-13-15(5-3-4-6-15)14-18-9-7-17(8-10-18)11-12-19/h16,19H,2-14H2,1H3.